The van der Waals surface area contributed by atoms with E-state index in [9.17, 15) is 0 Å². The van der Waals surface area contributed by atoms with Crippen LogP contribution < -0.4 is 10.1 Å². The summed E-state index contributed by atoms with van der Waals surface area (Å²) in [6, 6.07) is 11.1. The van der Waals surface area contributed by atoms with Crippen LogP contribution in [0.3, 0.4) is 0 Å². The summed E-state index contributed by atoms with van der Waals surface area (Å²) in [5, 5.41) is 5.91. The highest BCUT2D eigenvalue weighted by molar-refractivity contribution is 7.10. The molecule has 0 aliphatic carbocycles. The van der Waals surface area contributed by atoms with E-state index in [-0.39, 0.29) is 12.2 Å². The van der Waals surface area contributed by atoms with Crippen molar-refractivity contribution >= 4 is 17.0 Å². The molecule has 2 aliphatic heterocycles. The minimum atomic E-state index is 0.169. The first kappa shape index (κ1) is 15.0. The lowest BCUT2D eigenvalue weighted by Crippen LogP contribution is -2.35. The summed E-state index contributed by atoms with van der Waals surface area (Å²) in [7, 11) is 0. The van der Waals surface area contributed by atoms with Crippen LogP contribution >= 0.6 is 11.3 Å². The Morgan fingerprint density at radius 3 is 3.00 bits per heavy atom. The van der Waals surface area contributed by atoms with Crippen LogP contribution in [0.2, 0.25) is 0 Å². The summed E-state index contributed by atoms with van der Waals surface area (Å²) in [6.45, 7) is 4.97. The van der Waals surface area contributed by atoms with Gasteiger partial charge in [-0.2, -0.15) is 0 Å². The van der Waals surface area contributed by atoms with Gasteiger partial charge >= 0.3 is 0 Å². The normalized spacial score (nSPS) is 26.3. The fourth-order valence-corrected chi connectivity index (χ4v) is 4.60. The van der Waals surface area contributed by atoms with E-state index in [1.165, 1.54) is 22.5 Å². The van der Waals surface area contributed by atoms with Crippen molar-refractivity contribution in [3.63, 3.8) is 0 Å². The third-order valence-electron chi connectivity index (χ3n) is 4.66. The zero-order valence-corrected chi connectivity index (χ0v) is 14.4. The number of anilines is 1. The molecule has 23 heavy (non-hydrogen) atoms. The smallest absolute Gasteiger partial charge is 0.120 e. The van der Waals surface area contributed by atoms with Gasteiger partial charge in [-0.05, 0) is 56.3 Å². The topological polar surface area (TPSA) is 30.5 Å². The highest BCUT2D eigenvalue weighted by Crippen LogP contribution is 2.50. The molecule has 0 unspecified atom stereocenters. The average Bonchev–Trinajstić information content (AvgIpc) is 3.08. The van der Waals surface area contributed by atoms with E-state index in [1.807, 2.05) is 11.3 Å². The zero-order chi connectivity index (χ0) is 15.8. The Balaban J connectivity index is 1.71. The lowest BCUT2D eigenvalue weighted by Gasteiger charge is -2.43. The van der Waals surface area contributed by atoms with E-state index in [1.54, 1.807) is 0 Å². The summed E-state index contributed by atoms with van der Waals surface area (Å²) < 4.78 is 12.1. The maximum atomic E-state index is 6.21. The average molecular weight is 329 g/mol. The first-order chi connectivity index (χ1) is 11.2. The fraction of sp³-hybridized carbons (Fsp3) is 0.474. The largest absolute Gasteiger partial charge is 0.491 e. The summed E-state index contributed by atoms with van der Waals surface area (Å²) >= 11 is 1.83. The highest BCUT2D eigenvalue weighted by atomic mass is 32.1. The van der Waals surface area contributed by atoms with Crippen LogP contribution in [-0.2, 0) is 4.74 Å². The molecular weight excluding hydrogens is 306 g/mol. The van der Waals surface area contributed by atoms with Crippen LogP contribution in [0, 0.1) is 5.92 Å². The van der Waals surface area contributed by atoms with Crippen LogP contribution in [-0.4, -0.2) is 12.7 Å². The van der Waals surface area contributed by atoms with Crippen LogP contribution in [0.25, 0.3) is 0 Å². The molecule has 1 saturated heterocycles. The number of ether oxygens (including phenoxy) is 2. The number of nitrogens with one attached hydrogen (secondary N) is 1. The molecule has 1 aromatic heterocycles. The molecule has 0 saturated carbocycles. The Bertz CT molecular complexity index is 668. The maximum absolute atomic E-state index is 6.21. The molecule has 3 nitrogen and oxygen atoms in total. The molecule has 0 radical (unpaired) electrons. The van der Waals surface area contributed by atoms with Gasteiger partial charge in [0.05, 0.1) is 18.2 Å². The number of rotatable bonds is 3. The zero-order valence-electron chi connectivity index (χ0n) is 13.6. The number of hydrogen-bond donors (Lipinski definition) is 1. The Kier molecular flexibility index (Phi) is 4.04. The predicted octanol–water partition coefficient (Wildman–Crippen LogP) is 5.17. The van der Waals surface area contributed by atoms with Crippen molar-refractivity contribution in [1.29, 1.82) is 0 Å². The molecular formula is C19H23NO2S. The third-order valence-corrected chi connectivity index (χ3v) is 5.61. The van der Waals surface area contributed by atoms with E-state index in [0.29, 0.717) is 12.0 Å². The molecule has 0 bridgehead atoms. The summed E-state index contributed by atoms with van der Waals surface area (Å²) in [6.07, 6.45) is 2.70. The van der Waals surface area contributed by atoms with Crippen molar-refractivity contribution < 1.29 is 9.47 Å². The van der Waals surface area contributed by atoms with Crippen LogP contribution in [0.15, 0.2) is 35.7 Å². The molecule has 4 rings (SSSR count). The van der Waals surface area contributed by atoms with Gasteiger partial charge in [0.1, 0.15) is 5.75 Å². The Morgan fingerprint density at radius 1 is 1.30 bits per heavy atom. The summed E-state index contributed by atoms with van der Waals surface area (Å²) in [4.78, 5) is 1.40. The molecule has 2 aliphatic rings. The minimum absolute atomic E-state index is 0.169. The Hall–Kier alpha value is -1.52. The second-order valence-electron chi connectivity index (χ2n) is 6.65. The van der Waals surface area contributed by atoms with Gasteiger partial charge in [-0.1, -0.05) is 6.07 Å². The van der Waals surface area contributed by atoms with E-state index in [2.05, 4.69) is 54.9 Å². The van der Waals surface area contributed by atoms with Gasteiger partial charge in [-0.3, -0.25) is 0 Å². The standard InChI is InChI=1S/C19H23NO2S/c1-12(2)22-13-7-8-16-15(11-13)19-14(5-3-9-21-19)18(20-16)17-6-4-10-23-17/h4,6-8,10-12,14,18-20H,3,5,9H2,1-2H3/t14-,18+,19-/m0/s1. The fourth-order valence-electron chi connectivity index (χ4n) is 3.74. The van der Waals surface area contributed by atoms with Crippen molar-refractivity contribution in [3.8, 4) is 5.75 Å². The van der Waals surface area contributed by atoms with E-state index < -0.39 is 0 Å². The number of thiophene rings is 1. The van der Waals surface area contributed by atoms with Crippen molar-refractivity contribution in [2.24, 2.45) is 5.92 Å². The first-order valence-corrected chi connectivity index (χ1v) is 9.32. The van der Waals surface area contributed by atoms with Gasteiger partial charge in [0.25, 0.3) is 0 Å². The monoisotopic (exact) mass is 329 g/mol. The van der Waals surface area contributed by atoms with Gasteiger partial charge in [0.2, 0.25) is 0 Å². The molecule has 0 spiro atoms. The van der Waals surface area contributed by atoms with Gasteiger partial charge in [0, 0.05) is 28.7 Å². The van der Waals surface area contributed by atoms with Gasteiger partial charge in [0.15, 0.2) is 0 Å². The van der Waals surface area contributed by atoms with E-state index >= 15 is 0 Å². The molecule has 4 heteroatoms. The number of benzene rings is 1. The predicted molar refractivity (Wildman–Crippen MR) is 94.3 cm³/mol. The van der Waals surface area contributed by atoms with Gasteiger partial charge < -0.3 is 14.8 Å². The van der Waals surface area contributed by atoms with Crippen molar-refractivity contribution in [2.75, 3.05) is 11.9 Å². The van der Waals surface area contributed by atoms with Gasteiger partial charge in [-0.15, -0.1) is 11.3 Å². The van der Waals surface area contributed by atoms with Crippen molar-refractivity contribution in [2.45, 2.75) is 44.9 Å². The number of fused-ring (bicyclic) bond motifs is 3. The molecule has 1 fully saturated rings. The molecule has 1 N–H and O–H groups in total. The summed E-state index contributed by atoms with van der Waals surface area (Å²) in [5.74, 6) is 1.42. The van der Waals surface area contributed by atoms with Crippen molar-refractivity contribution in [3.05, 3.63) is 46.2 Å². The summed E-state index contributed by atoms with van der Waals surface area (Å²) in [5.41, 5.74) is 2.43. The van der Waals surface area contributed by atoms with Crippen LogP contribution in [0.5, 0.6) is 5.75 Å². The Morgan fingerprint density at radius 2 is 2.22 bits per heavy atom. The molecule has 2 aromatic rings. The molecule has 3 atom stereocenters. The molecule has 3 heterocycles. The number of hydrogen-bond acceptors (Lipinski definition) is 4. The maximum Gasteiger partial charge on any atom is 0.120 e. The highest BCUT2D eigenvalue weighted by Gasteiger charge is 2.40. The van der Waals surface area contributed by atoms with E-state index in [0.717, 1.165) is 18.8 Å². The quantitative estimate of drug-likeness (QED) is 0.842. The van der Waals surface area contributed by atoms with Gasteiger partial charge in [-0.25, -0.2) is 0 Å². The minimum Gasteiger partial charge on any atom is -0.491 e. The lowest BCUT2D eigenvalue weighted by atomic mass is 9.79. The third kappa shape index (κ3) is 2.86. The van der Waals surface area contributed by atoms with Crippen molar-refractivity contribution in [1.82, 2.24) is 0 Å². The second-order valence-corrected chi connectivity index (χ2v) is 7.63. The molecule has 0 amide bonds. The second kappa shape index (κ2) is 6.17. The van der Waals surface area contributed by atoms with E-state index in [4.69, 9.17) is 9.47 Å². The molecule has 122 valence electrons. The Labute approximate surface area is 141 Å². The lowest BCUT2D eigenvalue weighted by molar-refractivity contribution is -0.0379. The molecule has 1 aromatic carbocycles. The van der Waals surface area contributed by atoms with Crippen LogP contribution in [0.1, 0.15) is 49.3 Å². The first-order valence-electron chi connectivity index (χ1n) is 8.44. The SMILES string of the molecule is CC(C)Oc1ccc2c(c1)[C@H]1OCCC[C@H]1[C@H](c1cccs1)N2. The van der Waals surface area contributed by atoms with Crippen LogP contribution in [0.4, 0.5) is 5.69 Å².